The Labute approximate surface area is 220 Å². The van der Waals surface area contributed by atoms with Gasteiger partial charge >= 0.3 is 5.97 Å². The Morgan fingerprint density at radius 3 is 2.65 bits per heavy atom. The number of nitrogens with zero attached hydrogens (tertiary/aromatic N) is 1. The van der Waals surface area contributed by atoms with Crippen molar-refractivity contribution in [2.45, 2.75) is 78.4 Å². The highest BCUT2D eigenvalue weighted by molar-refractivity contribution is 6.01. The molecule has 9 atom stereocenters. The van der Waals surface area contributed by atoms with Crippen LogP contribution in [0.4, 0.5) is 0 Å². The molecule has 0 aromatic heterocycles. The van der Waals surface area contributed by atoms with E-state index in [0.29, 0.717) is 25.9 Å². The van der Waals surface area contributed by atoms with Gasteiger partial charge in [-0.1, -0.05) is 38.8 Å². The van der Waals surface area contributed by atoms with Crippen molar-refractivity contribution in [3.63, 3.8) is 0 Å². The monoisotopic (exact) mass is 513 g/mol. The van der Waals surface area contributed by atoms with E-state index in [4.69, 9.17) is 4.74 Å². The van der Waals surface area contributed by atoms with Crippen LogP contribution in [0.1, 0.15) is 66.2 Å². The first-order valence-electron chi connectivity index (χ1n) is 14.3. The fourth-order valence-electron chi connectivity index (χ4n) is 9.76. The molecule has 1 unspecified atom stereocenters. The van der Waals surface area contributed by atoms with Crippen LogP contribution in [0, 0.1) is 39.9 Å². The third-order valence-electron chi connectivity index (χ3n) is 11.2. The molecule has 0 bridgehead atoms. The molecule has 1 saturated heterocycles. The maximum absolute atomic E-state index is 13.8. The minimum atomic E-state index is -0.904. The van der Waals surface area contributed by atoms with Gasteiger partial charge in [0.25, 0.3) is 0 Å². The Hall–Kier alpha value is -1.83. The van der Waals surface area contributed by atoms with Crippen molar-refractivity contribution in [3.8, 4) is 0 Å². The summed E-state index contributed by atoms with van der Waals surface area (Å²) in [6.45, 7) is 9.06. The number of esters is 1. The number of carbonyl (C=O) groups is 3. The maximum atomic E-state index is 13.8. The second kappa shape index (κ2) is 9.42. The second-order valence-electron chi connectivity index (χ2n) is 12.6. The molecule has 37 heavy (non-hydrogen) atoms. The number of Topliss-reactive ketones (excluding diaryl/α,β-unsaturated/α-hetero) is 1. The Balaban J connectivity index is 1.59. The summed E-state index contributed by atoms with van der Waals surface area (Å²) in [5.74, 6) is -0.471. The van der Waals surface area contributed by atoms with Crippen LogP contribution < -0.4 is 0 Å². The molecule has 7 nitrogen and oxygen atoms in total. The van der Waals surface area contributed by atoms with Crippen LogP contribution in [-0.2, 0) is 19.1 Å². The van der Waals surface area contributed by atoms with Crippen LogP contribution >= 0.6 is 0 Å². The third kappa shape index (κ3) is 3.60. The molecule has 1 heterocycles. The number of hydrogen-bond acceptors (Lipinski definition) is 7. The number of allylic oxidation sites excluding steroid dienone is 4. The lowest BCUT2D eigenvalue weighted by Gasteiger charge is -2.60. The molecule has 5 aliphatic rings. The van der Waals surface area contributed by atoms with Gasteiger partial charge in [0.15, 0.2) is 11.6 Å². The number of unbranched alkanes of at least 4 members (excludes halogenated alkanes) is 1. The molecular formula is C30H43NO6. The van der Waals surface area contributed by atoms with Crippen molar-refractivity contribution in [1.29, 1.82) is 0 Å². The van der Waals surface area contributed by atoms with Crippen molar-refractivity contribution in [3.05, 3.63) is 23.8 Å². The number of ether oxygens (including phenoxy) is 1. The van der Waals surface area contributed by atoms with Gasteiger partial charge in [-0.25, -0.2) is 0 Å². The zero-order valence-electron chi connectivity index (χ0n) is 22.7. The molecule has 5 rings (SSSR count). The summed E-state index contributed by atoms with van der Waals surface area (Å²) in [5.41, 5.74) is -0.746. The third-order valence-corrected chi connectivity index (χ3v) is 11.2. The molecule has 204 valence electrons. The number of carbonyl (C=O) groups excluding carboxylic acids is 3. The van der Waals surface area contributed by atoms with Gasteiger partial charge in [0, 0.05) is 17.9 Å². The highest BCUT2D eigenvalue weighted by Gasteiger charge is 2.76. The van der Waals surface area contributed by atoms with Gasteiger partial charge in [-0.15, -0.1) is 0 Å². The first kappa shape index (κ1) is 26.8. The fourth-order valence-corrected chi connectivity index (χ4v) is 9.76. The van der Waals surface area contributed by atoms with E-state index in [1.165, 1.54) is 0 Å². The van der Waals surface area contributed by atoms with Gasteiger partial charge in [0.05, 0.1) is 18.1 Å². The Morgan fingerprint density at radius 1 is 1.22 bits per heavy atom. The first-order valence-corrected chi connectivity index (χ1v) is 14.3. The van der Waals surface area contributed by atoms with Crippen molar-refractivity contribution in [2.75, 3.05) is 26.3 Å². The number of aliphatic hydroxyl groups is 2. The van der Waals surface area contributed by atoms with E-state index in [1.807, 2.05) is 13.0 Å². The van der Waals surface area contributed by atoms with Gasteiger partial charge in [-0.2, -0.15) is 0 Å². The van der Waals surface area contributed by atoms with Crippen molar-refractivity contribution in [2.24, 2.45) is 39.9 Å². The molecule has 4 fully saturated rings. The van der Waals surface area contributed by atoms with E-state index in [-0.39, 0.29) is 47.8 Å². The highest BCUT2D eigenvalue weighted by Crippen LogP contribution is 2.73. The highest BCUT2D eigenvalue weighted by atomic mass is 16.5. The molecule has 7 heteroatoms. The van der Waals surface area contributed by atoms with Gasteiger partial charge in [-0.05, 0) is 80.9 Å². The molecule has 1 aliphatic heterocycles. The topological polar surface area (TPSA) is 104 Å². The lowest BCUT2D eigenvalue weighted by atomic mass is 9.44. The van der Waals surface area contributed by atoms with Crippen LogP contribution in [0.3, 0.4) is 0 Å². The van der Waals surface area contributed by atoms with Crippen LogP contribution in [-0.4, -0.2) is 71.1 Å². The predicted molar refractivity (Wildman–Crippen MR) is 138 cm³/mol. The van der Waals surface area contributed by atoms with Gasteiger partial charge < -0.3 is 14.9 Å². The number of rotatable bonds is 7. The normalized spacial score (nSPS) is 44.5. The maximum Gasteiger partial charge on any atom is 0.323 e. The Kier molecular flexibility index (Phi) is 6.82. The summed E-state index contributed by atoms with van der Waals surface area (Å²) in [4.78, 5) is 41.5. The molecule has 0 amide bonds. The molecule has 0 radical (unpaired) electrons. The molecular weight excluding hydrogens is 470 g/mol. The molecule has 0 aromatic rings. The summed E-state index contributed by atoms with van der Waals surface area (Å²) >= 11 is 0. The smallest absolute Gasteiger partial charge is 0.323 e. The lowest BCUT2D eigenvalue weighted by Crippen LogP contribution is -2.60. The van der Waals surface area contributed by atoms with Gasteiger partial charge in [-0.3, -0.25) is 19.3 Å². The van der Waals surface area contributed by atoms with Crippen molar-refractivity contribution < 1.29 is 29.3 Å². The zero-order chi connectivity index (χ0) is 26.8. The van der Waals surface area contributed by atoms with E-state index >= 15 is 0 Å². The van der Waals surface area contributed by atoms with Crippen LogP contribution in [0.2, 0.25) is 0 Å². The minimum Gasteiger partial charge on any atom is -0.465 e. The molecule has 0 aromatic carbocycles. The number of fused-ring (bicyclic) bond motifs is 7. The summed E-state index contributed by atoms with van der Waals surface area (Å²) in [5, 5.41) is 22.1. The summed E-state index contributed by atoms with van der Waals surface area (Å²) in [6, 6.07) is -0.512. The largest absolute Gasteiger partial charge is 0.465 e. The number of aliphatic hydroxyl groups excluding tert-OH is 2. The van der Waals surface area contributed by atoms with Crippen molar-refractivity contribution in [1.82, 2.24) is 4.90 Å². The molecule has 3 saturated carbocycles. The lowest BCUT2D eigenvalue weighted by molar-refractivity contribution is -0.159. The second-order valence-corrected chi connectivity index (χ2v) is 12.6. The standard InChI is InChI=1S/C30H43NO6/c1-5-7-12-31-17-30(24(35)16-32)22(26(31)27(36)37-6-2)14-21-20-9-8-18-13-19(33)10-11-28(18,3)25(20)23(34)15-29(21,30)4/h10-11,13,20-23,25-26,32,34H,5-9,12,14-17H2,1-4H3/t20-,21-,22-,23-,25+,26?,28-,29-,30+/m0/s1. The summed E-state index contributed by atoms with van der Waals surface area (Å²) < 4.78 is 5.56. The average Bonchev–Trinajstić information content (AvgIpc) is 3.32. The summed E-state index contributed by atoms with van der Waals surface area (Å²) in [6.07, 6.45) is 9.42. The van der Waals surface area contributed by atoms with Gasteiger partial charge in [0.1, 0.15) is 12.6 Å². The van der Waals surface area contributed by atoms with Crippen LogP contribution in [0.5, 0.6) is 0 Å². The molecule has 2 N–H and O–H groups in total. The van der Waals surface area contributed by atoms with Crippen LogP contribution in [0.25, 0.3) is 0 Å². The van der Waals surface area contributed by atoms with E-state index in [9.17, 15) is 24.6 Å². The van der Waals surface area contributed by atoms with E-state index in [2.05, 4.69) is 25.7 Å². The number of hydrogen-bond donors (Lipinski definition) is 2. The zero-order valence-corrected chi connectivity index (χ0v) is 22.7. The average molecular weight is 514 g/mol. The van der Waals surface area contributed by atoms with E-state index in [0.717, 1.165) is 31.3 Å². The van der Waals surface area contributed by atoms with Crippen molar-refractivity contribution >= 4 is 17.5 Å². The van der Waals surface area contributed by atoms with E-state index in [1.54, 1.807) is 12.2 Å². The summed E-state index contributed by atoms with van der Waals surface area (Å²) in [7, 11) is 0. The predicted octanol–water partition coefficient (Wildman–Crippen LogP) is 3.09. The number of ketones is 2. The quantitative estimate of drug-likeness (QED) is 0.504. The van der Waals surface area contributed by atoms with Gasteiger partial charge in [0.2, 0.25) is 0 Å². The van der Waals surface area contributed by atoms with E-state index < -0.39 is 35.0 Å². The first-order chi connectivity index (χ1) is 17.6. The number of likely N-dealkylation sites (tertiary alicyclic amines) is 1. The Bertz CT molecular complexity index is 1040. The SMILES string of the molecule is CCCCN1C[C@]2(C(=O)CO)[C@@H](C[C@H]3[C@@H]4CCC5=CC(=O)C=C[C@]5(C)[C@H]4[C@@H](O)C[C@@]32C)C1C(=O)OCC. The minimum absolute atomic E-state index is 0.00778. The van der Waals surface area contributed by atoms with Crippen LogP contribution in [0.15, 0.2) is 23.8 Å². The molecule has 4 aliphatic carbocycles. The fraction of sp³-hybridized carbons (Fsp3) is 0.767. The molecule has 0 spiro atoms. The Morgan fingerprint density at radius 2 is 1.97 bits per heavy atom.